The normalized spacial score (nSPS) is 11.8. The van der Waals surface area contributed by atoms with Gasteiger partial charge in [-0.3, -0.25) is 9.36 Å². The third-order valence-corrected chi connectivity index (χ3v) is 5.99. The number of para-hydroxylation sites is 1. The first kappa shape index (κ1) is 16.7. The van der Waals surface area contributed by atoms with Crippen LogP contribution in [0.5, 0.6) is 0 Å². The molecule has 0 aliphatic rings. The zero-order valence-electron chi connectivity index (χ0n) is 14.9. The van der Waals surface area contributed by atoms with E-state index >= 15 is 0 Å². The highest BCUT2D eigenvalue weighted by Crippen LogP contribution is 2.32. The standard InChI is InChI=1S/C21H19N3OS/c1-14-18(15-9-5-4-6-10-15)19(25)24(13-22-14)21(2,3)20-23-16-11-7-8-12-17(16)26-20/h4-13H,1-3H3. The Labute approximate surface area is 155 Å². The molecule has 0 atom stereocenters. The molecular weight excluding hydrogens is 342 g/mol. The average molecular weight is 361 g/mol. The van der Waals surface area contributed by atoms with Crippen molar-refractivity contribution < 1.29 is 0 Å². The summed E-state index contributed by atoms with van der Waals surface area (Å²) >= 11 is 1.62. The molecule has 2 aromatic heterocycles. The summed E-state index contributed by atoms with van der Waals surface area (Å²) < 4.78 is 2.81. The van der Waals surface area contributed by atoms with Crippen LogP contribution >= 0.6 is 11.3 Å². The van der Waals surface area contributed by atoms with Gasteiger partial charge < -0.3 is 0 Å². The highest BCUT2D eigenvalue weighted by molar-refractivity contribution is 7.18. The maximum atomic E-state index is 13.3. The number of aryl methyl sites for hydroxylation is 1. The van der Waals surface area contributed by atoms with Crippen LogP contribution in [0.15, 0.2) is 65.7 Å². The van der Waals surface area contributed by atoms with Crippen molar-refractivity contribution in [3.8, 4) is 11.1 Å². The third-order valence-electron chi connectivity index (χ3n) is 4.64. The predicted octanol–water partition coefficient (Wildman–Crippen LogP) is 4.61. The lowest BCUT2D eigenvalue weighted by Gasteiger charge is -2.25. The molecular formula is C21H19N3OS. The molecule has 130 valence electrons. The van der Waals surface area contributed by atoms with E-state index in [1.54, 1.807) is 22.2 Å². The molecule has 2 heterocycles. The third kappa shape index (κ3) is 2.65. The molecule has 26 heavy (non-hydrogen) atoms. The summed E-state index contributed by atoms with van der Waals surface area (Å²) in [6.07, 6.45) is 1.64. The first-order valence-corrected chi connectivity index (χ1v) is 9.30. The number of hydrogen-bond donors (Lipinski definition) is 0. The van der Waals surface area contributed by atoms with E-state index in [1.165, 1.54) is 0 Å². The average Bonchev–Trinajstić information content (AvgIpc) is 3.07. The summed E-state index contributed by atoms with van der Waals surface area (Å²) in [7, 11) is 0. The Hall–Kier alpha value is -2.79. The van der Waals surface area contributed by atoms with Crippen LogP contribution in [0.25, 0.3) is 21.3 Å². The fourth-order valence-electron chi connectivity index (χ4n) is 3.11. The Bertz CT molecular complexity index is 1110. The second kappa shape index (κ2) is 6.18. The minimum atomic E-state index is -0.592. The number of benzene rings is 2. The van der Waals surface area contributed by atoms with E-state index in [0.29, 0.717) is 5.56 Å². The molecule has 0 saturated heterocycles. The molecule has 0 aliphatic carbocycles. The van der Waals surface area contributed by atoms with E-state index in [-0.39, 0.29) is 5.56 Å². The molecule has 2 aromatic carbocycles. The quantitative estimate of drug-likeness (QED) is 0.535. The Morgan fingerprint density at radius 2 is 1.69 bits per heavy atom. The van der Waals surface area contributed by atoms with Crippen molar-refractivity contribution in [2.75, 3.05) is 0 Å². The van der Waals surface area contributed by atoms with Crippen molar-refractivity contribution in [1.29, 1.82) is 0 Å². The zero-order valence-corrected chi connectivity index (χ0v) is 15.7. The highest BCUT2D eigenvalue weighted by atomic mass is 32.1. The van der Waals surface area contributed by atoms with Crippen LogP contribution in [0.3, 0.4) is 0 Å². The number of rotatable bonds is 3. The van der Waals surface area contributed by atoms with Gasteiger partial charge in [-0.25, -0.2) is 9.97 Å². The molecule has 0 aliphatic heterocycles. The first-order valence-electron chi connectivity index (χ1n) is 8.48. The SMILES string of the molecule is Cc1ncn(C(C)(C)c2nc3ccccc3s2)c(=O)c1-c1ccccc1. The Kier molecular flexibility index (Phi) is 3.96. The summed E-state index contributed by atoms with van der Waals surface area (Å²) in [6, 6.07) is 17.7. The molecule has 5 heteroatoms. The molecule has 0 amide bonds. The van der Waals surface area contributed by atoms with Crippen LogP contribution in [0, 0.1) is 6.92 Å². The first-order chi connectivity index (χ1) is 12.5. The van der Waals surface area contributed by atoms with Crippen molar-refractivity contribution in [2.45, 2.75) is 26.3 Å². The number of aromatic nitrogens is 3. The molecule has 0 unspecified atom stereocenters. The second-order valence-corrected chi connectivity index (χ2v) is 7.82. The molecule has 0 radical (unpaired) electrons. The molecule has 4 nitrogen and oxygen atoms in total. The number of thiazole rings is 1. The van der Waals surface area contributed by atoms with Gasteiger partial charge in [0, 0.05) is 0 Å². The van der Waals surface area contributed by atoms with Crippen LogP contribution in [-0.2, 0) is 5.54 Å². The van der Waals surface area contributed by atoms with Gasteiger partial charge in [0.05, 0.1) is 33.3 Å². The zero-order chi connectivity index (χ0) is 18.3. The molecule has 0 saturated carbocycles. The lowest BCUT2D eigenvalue weighted by atomic mass is 10.0. The smallest absolute Gasteiger partial charge is 0.262 e. The number of fused-ring (bicyclic) bond motifs is 1. The summed E-state index contributed by atoms with van der Waals surface area (Å²) in [5.41, 5.74) is 2.58. The Morgan fingerprint density at radius 1 is 1.00 bits per heavy atom. The fourth-order valence-corrected chi connectivity index (χ4v) is 4.17. The molecule has 0 fully saturated rings. The summed E-state index contributed by atoms with van der Waals surface area (Å²) in [6.45, 7) is 5.90. The van der Waals surface area contributed by atoms with Crippen molar-refractivity contribution in [3.63, 3.8) is 0 Å². The van der Waals surface area contributed by atoms with Crippen LogP contribution in [-0.4, -0.2) is 14.5 Å². The summed E-state index contributed by atoms with van der Waals surface area (Å²) in [5, 5.41) is 0.894. The van der Waals surface area contributed by atoms with Gasteiger partial charge in [0.25, 0.3) is 5.56 Å². The fraction of sp³-hybridized carbons (Fsp3) is 0.190. The lowest BCUT2D eigenvalue weighted by Crippen LogP contribution is -2.38. The van der Waals surface area contributed by atoms with Crippen LogP contribution < -0.4 is 5.56 Å². The maximum Gasteiger partial charge on any atom is 0.262 e. The highest BCUT2D eigenvalue weighted by Gasteiger charge is 2.29. The summed E-state index contributed by atoms with van der Waals surface area (Å²) in [4.78, 5) is 22.6. The van der Waals surface area contributed by atoms with Crippen molar-refractivity contribution in [3.05, 3.63) is 82.0 Å². The summed E-state index contributed by atoms with van der Waals surface area (Å²) in [5.74, 6) is 0. The van der Waals surface area contributed by atoms with Gasteiger partial charge in [-0.2, -0.15) is 0 Å². The molecule has 0 spiro atoms. The second-order valence-electron chi connectivity index (χ2n) is 6.79. The van der Waals surface area contributed by atoms with E-state index < -0.39 is 5.54 Å². The number of nitrogens with zero attached hydrogens (tertiary/aromatic N) is 3. The van der Waals surface area contributed by atoms with Gasteiger partial charge in [0.1, 0.15) is 5.01 Å². The monoisotopic (exact) mass is 361 g/mol. The van der Waals surface area contributed by atoms with E-state index in [1.807, 2.05) is 69.3 Å². The van der Waals surface area contributed by atoms with Gasteiger partial charge >= 0.3 is 0 Å². The van der Waals surface area contributed by atoms with Crippen molar-refractivity contribution in [2.24, 2.45) is 0 Å². The topological polar surface area (TPSA) is 47.8 Å². The van der Waals surface area contributed by atoms with Gasteiger partial charge in [-0.05, 0) is 38.5 Å². The molecule has 4 aromatic rings. The van der Waals surface area contributed by atoms with Crippen molar-refractivity contribution >= 4 is 21.6 Å². The molecule has 0 bridgehead atoms. The minimum absolute atomic E-state index is 0.0482. The van der Waals surface area contributed by atoms with Crippen LogP contribution in [0.1, 0.15) is 24.5 Å². The van der Waals surface area contributed by atoms with Crippen LogP contribution in [0.2, 0.25) is 0 Å². The minimum Gasteiger partial charge on any atom is -0.286 e. The largest absolute Gasteiger partial charge is 0.286 e. The van der Waals surface area contributed by atoms with E-state index in [9.17, 15) is 4.79 Å². The molecule has 4 rings (SSSR count). The predicted molar refractivity (Wildman–Crippen MR) is 107 cm³/mol. The maximum absolute atomic E-state index is 13.3. The lowest BCUT2D eigenvalue weighted by molar-refractivity contribution is 0.415. The van der Waals surface area contributed by atoms with Gasteiger partial charge in [-0.1, -0.05) is 42.5 Å². The van der Waals surface area contributed by atoms with Crippen LogP contribution in [0.4, 0.5) is 0 Å². The van der Waals surface area contributed by atoms with E-state index in [4.69, 9.17) is 4.98 Å². The van der Waals surface area contributed by atoms with E-state index in [2.05, 4.69) is 11.1 Å². The van der Waals surface area contributed by atoms with E-state index in [0.717, 1.165) is 26.5 Å². The number of hydrogen-bond acceptors (Lipinski definition) is 4. The van der Waals surface area contributed by atoms with Crippen molar-refractivity contribution in [1.82, 2.24) is 14.5 Å². The Morgan fingerprint density at radius 3 is 2.42 bits per heavy atom. The van der Waals surface area contributed by atoms with Gasteiger partial charge in [-0.15, -0.1) is 11.3 Å². The van der Waals surface area contributed by atoms with Gasteiger partial charge in [0.15, 0.2) is 0 Å². The Balaban J connectivity index is 1.91. The van der Waals surface area contributed by atoms with Gasteiger partial charge in [0.2, 0.25) is 0 Å². The molecule has 0 N–H and O–H groups in total.